The molecule has 0 atom stereocenters. The van der Waals surface area contributed by atoms with Gasteiger partial charge in [-0.25, -0.2) is 4.98 Å². The fourth-order valence-electron chi connectivity index (χ4n) is 1.41. The van der Waals surface area contributed by atoms with E-state index in [9.17, 15) is 0 Å². The molecule has 6 heteroatoms. The summed E-state index contributed by atoms with van der Waals surface area (Å²) >= 11 is 4.92. The molecule has 16 heavy (non-hydrogen) atoms. The van der Waals surface area contributed by atoms with Crippen LogP contribution < -0.4 is 10.6 Å². The SMILES string of the molecule is NC(=S)c1cccnc1N(CCO)CCO. The number of aliphatic hydroxyl groups is 2. The zero-order chi connectivity index (χ0) is 12.0. The molecule has 5 nitrogen and oxygen atoms in total. The van der Waals surface area contributed by atoms with Crippen LogP contribution in [0.4, 0.5) is 5.82 Å². The first-order valence-corrected chi connectivity index (χ1v) is 5.33. The lowest BCUT2D eigenvalue weighted by molar-refractivity contribution is 0.280. The topological polar surface area (TPSA) is 82.6 Å². The van der Waals surface area contributed by atoms with E-state index in [1.165, 1.54) is 0 Å². The first-order chi connectivity index (χ1) is 7.70. The van der Waals surface area contributed by atoms with Gasteiger partial charge in [-0.2, -0.15) is 0 Å². The minimum Gasteiger partial charge on any atom is -0.395 e. The van der Waals surface area contributed by atoms with E-state index in [2.05, 4.69) is 4.98 Å². The minimum absolute atomic E-state index is 0.0205. The zero-order valence-corrected chi connectivity index (χ0v) is 9.65. The third-order valence-corrected chi connectivity index (χ3v) is 2.31. The van der Waals surface area contributed by atoms with Crippen LogP contribution in [0.5, 0.6) is 0 Å². The summed E-state index contributed by atoms with van der Waals surface area (Å²) in [7, 11) is 0. The van der Waals surface area contributed by atoms with Crippen LogP contribution in [-0.2, 0) is 0 Å². The lowest BCUT2D eigenvalue weighted by Gasteiger charge is -2.23. The molecule has 0 amide bonds. The molecule has 0 bridgehead atoms. The maximum atomic E-state index is 8.94. The number of aromatic nitrogens is 1. The van der Waals surface area contributed by atoms with E-state index in [1.807, 2.05) is 0 Å². The van der Waals surface area contributed by atoms with Crippen LogP contribution in [0.2, 0.25) is 0 Å². The van der Waals surface area contributed by atoms with Crippen molar-refractivity contribution in [3.8, 4) is 0 Å². The number of anilines is 1. The number of aliphatic hydroxyl groups excluding tert-OH is 2. The molecule has 0 unspecified atom stereocenters. The van der Waals surface area contributed by atoms with Crippen LogP contribution in [-0.4, -0.2) is 46.5 Å². The van der Waals surface area contributed by atoms with E-state index in [-0.39, 0.29) is 18.2 Å². The molecule has 0 aromatic carbocycles. The van der Waals surface area contributed by atoms with Crippen molar-refractivity contribution in [1.29, 1.82) is 0 Å². The van der Waals surface area contributed by atoms with Gasteiger partial charge in [0.15, 0.2) is 0 Å². The van der Waals surface area contributed by atoms with Crippen molar-refractivity contribution < 1.29 is 10.2 Å². The Balaban J connectivity index is 3.02. The van der Waals surface area contributed by atoms with Crippen molar-refractivity contribution in [3.63, 3.8) is 0 Å². The molecular weight excluding hydrogens is 226 g/mol. The Morgan fingerprint density at radius 1 is 1.38 bits per heavy atom. The van der Waals surface area contributed by atoms with Crippen molar-refractivity contribution in [2.24, 2.45) is 5.73 Å². The number of thiocarbonyl (C=S) groups is 1. The summed E-state index contributed by atoms with van der Waals surface area (Å²) in [5, 5.41) is 17.9. The molecular formula is C10H15N3O2S. The molecule has 88 valence electrons. The van der Waals surface area contributed by atoms with Crippen molar-refractivity contribution in [3.05, 3.63) is 23.9 Å². The molecule has 0 aliphatic heterocycles. The van der Waals surface area contributed by atoms with Crippen LogP contribution in [0.15, 0.2) is 18.3 Å². The smallest absolute Gasteiger partial charge is 0.138 e. The summed E-state index contributed by atoms with van der Waals surface area (Å²) in [5.74, 6) is 0.595. The van der Waals surface area contributed by atoms with Gasteiger partial charge in [0.1, 0.15) is 10.8 Å². The number of hydrogen-bond donors (Lipinski definition) is 3. The highest BCUT2D eigenvalue weighted by Gasteiger charge is 2.12. The summed E-state index contributed by atoms with van der Waals surface area (Å²) in [5.41, 5.74) is 6.24. The molecule has 0 spiro atoms. The molecule has 4 N–H and O–H groups in total. The van der Waals surface area contributed by atoms with E-state index >= 15 is 0 Å². The monoisotopic (exact) mass is 241 g/mol. The van der Waals surface area contributed by atoms with E-state index in [0.717, 1.165) is 0 Å². The van der Waals surface area contributed by atoms with Gasteiger partial charge in [0.05, 0.1) is 18.8 Å². The molecule has 1 aromatic heterocycles. The van der Waals surface area contributed by atoms with E-state index in [1.54, 1.807) is 23.2 Å². The van der Waals surface area contributed by atoms with Crippen molar-refractivity contribution in [2.45, 2.75) is 0 Å². The number of nitrogens with two attached hydrogens (primary N) is 1. The molecule has 0 saturated heterocycles. The predicted molar refractivity (Wildman–Crippen MR) is 66.5 cm³/mol. The van der Waals surface area contributed by atoms with Gasteiger partial charge >= 0.3 is 0 Å². The Morgan fingerprint density at radius 2 is 2.00 bits per heavy atom. The summed E-state index contributed by atoms with van der Waals surface area (Å²) in [4.78, 5) is 6.17. The Bertz CT molecular complexity index is 354. The number of pyridine rings is 1. The minimum atomic E-state index is -0.0205. The van der Waals surface area contributed by atoms with Crippen molar-refractivity contribution >= 4 is 23.0 Å². The lowest BCUT2D eigenvalue weighted by atomic mass is 10.2. The fourth-order valence-corrected chi connectivity index (χ4v) is 1.57. The number of hydrogen-bond acceptors (Lipinski definition) is 5. The third-order valence-electron chi connectivity index (χ3n) is 2.09. The fraction of sp³-hybridized carbons (Fsp3) is 0.400. The van der Waals surface area contributed by atoms with Gasteiger partial charge in [0.25, 0.3) is 0 Å². The quantitative estimate of drug-likeness (QED) is 0.583. The average molecular weight is 241 g/mol. The Kier molecular flexibility index (Phi) is 5.10. The summed E-state index contributed by atoms with van der Waals surface area (Å²) < 4.78 is 0. The van der Waals surface area contributed by atoms with Gasteiger partial charge in [-0.05, 0) is 12.1 Å². The largest absolute Gasteiger partial charge is 0.395 e. The van der Waals surface area contributed by atoms with Crippen LogP contribution >= 0.6 is 12.2 Å². The first-order valence-electron chi connectivity index (χ1n) is 4.92. The highest BCUT2D eigenvalue weighted by atomic mass is 32.1. The second kappa shape index (κ2) is 6.37. The molecule has 1 rings (SSSR count). The predicted octanol–water partition coefficient (Wildman–Crippen LogP) is -0.493. The summed E-state index contributed by atoms with van der Waals surface area (Å²) in [6, 6.07) is 3.51. The second-order valence-corrected chi connectivity index (χ2v) is 3.61. The third kappa shape index (κ3) is 3.13. The maximum Gasteiger partial charge on any atom is 0.138 e. The molecule has 0 saturated carbocycles. The van der Waals surface area contributed by atoms with Crippen molar-refractivity contribution in [2.75, 3.05) is 31.2 Å². The molecule has 1 heterocycles. The number of nitrogens with zero attached hydrogens (tertiary/aromatic N) is 2. The van der Waals surface area contributed by atoms with E-state index in [0.29, 0.717) is 24.5 Å². The molecule has 0 aliphatic rings. The van der Waals surface area contributed by atoms with Crippen LogP contribution in [0.25, 0.3) is 0 Å². The van der Waals surface area contributed by atoms with Gasteiger partial charge in [-0.15, -0.1) is 0 Å². The normalized spacial score (nSPS) is 10.1. The van der Waals surface area contributed by atoms with Crippen LogP contribution in [0.3, 0.4) is 0 Å². The van der Waals surface area contributed by atoms with Gasteiger partial charge in [-0.3, -0.25) is 0 Å². The second-order valence-electron chi connectivity index (χ2n) is 3.17. The van der Waals surface area contributed by atoms with Gasteiger partial charge in [0.2, 0.25) is 0 Å². The Morgan fingerprint density at radius 3 is 2.50 bits per heavy atom. The highest BCUT2D eigenvalue weighted by Crippen LogP contribution is 2.16. The average Bonchev–Trinajstić information content (AvgIpc) is 2.29. The number of rotatable bonds is 6. The van der Waals surface area contributed by atoms with Gasteiger partial charge < -0.3 is 20.8 Å². The molecule has 0 aliphatic carbocycles. The summed E-state index contributed by atoms with van der Waals surface area (Å²) in [6.07, 6.45) is 1.62. The zero-order valence-electron chi connectivity index (χ0n) is 8.83. The van der Waals surface area contributed by atoms with E-state index < -0.39 is 0 Å². The molecule has 1 aromatic rings. The first kappa shape index (κ1) is 12.8. The van der Waals surface area contributed by atoms with Gasteiger partial charge in [-0.1, -0.05) is 12.2 Å². The molecule has 0 fully saturated rings. The van der Waals surface area contributed by atoms with Crippen molar-refractivity contribution in [1.82, 2.24) is 4.98 Å². The summed E-state index contributed by atoms with van der Waals surface area (Å²) in [6.45, 7) is 0.723. The maximum absolute atomic E-state index is 8.94. The van der Waals surface area contributed by atoms with Gasteiger partial charge in [0, 0.05) is 19.3 Å². The van der Waals surface area contributed by atoms with Crippen LogP contribution in [0, 0.1) is 0 Å². The Labute approximate surface area is 99.5 Å². The Hall–Kier alpha value is -1.24. The van der Waals surface area contributed by atoms with Crippen LogP contribution in [0.1, 0.15) is 5.56 Å². The lowest BCUT2D eigenvalue weighted by Crippen LogP contribution is -2.32. The van der Waals surface area contributed by atoms with E-state index in [4.69, 9.17) is 28.2 Å². The molecule has 0 radical (unpaired) electrons. The standard InChI is InChI=1S/C10H15N3O2S/c11-9(16)8-2-1-3-12-10(8)13(4-6-14)5-7-15/h1-3,14-15H,4-7H2,(H2,11,16). The highest BCUT2D eigenvalue weighted by molar-refractivity contribution is 7.80.